The van der Waals surface area contributed by atoms with Gasteiger partial charge in [0.1, 0.15) is 12.4 Å². The van der Waals surface area contributed by atoms with Crippen LogP contribution in [-0.2, 0) is 14.3 Å². The molecule has 0 N–H and O–H groups in total. The minimum atomic E-state index is -0.433. The fourth-order valence-corrected chi connectivity index (χ4v) is 1.42. The maximum absolute atomic E-state index is 11.7. The van der Waals surface area contributed by atoms with E-state index in [9.17, 15) is 4.79 Å². The van der Waals surface area contributed by atoms with E-state index in [1.54, 1.807) is 0 Å². The van der Waals surface area contributed by atoms with Crippen LogP contribution in [0.2, 0.25) is 0 Å². The maximum atomic E-state index is 11.7. The summed E-state index contributed by atoms with van der Waals surface area (Å²) in [6.45, 7) is 8.42. The Balaban J connectivity index is 2.14. The van der Waals surface area contributed by atoms with Gasteiger partial charge in [0.05, 0.1) is 12.0 Å². The summed E-state index contributed by atoms with van der Waals surface area (Å²) in [5, 5.41) is 0. The Hall–Kier alpha value is -1.55. The van der Waals surface area contributed by atoms with Crippen LogP contribution in [0.4, 0.5) is 0 Å². The number of benzene rings is 1. The van der Waals surface area contributed by atoms with Crippen molar-refractivity contribution in [2.45, 2.75) is 34.1 Å². The summed E-state index contributed by atoms with van der Waals surface area (Å²) in [4.78, 5) is 11.7. The first-order valence-corrected chi connectivity index (χ1v) is 6.91. The second-order valence-corrected chi connectivity index (χ2v) is 5.31. The zero-order valence-electron chi connectivity index (χ0n) is 12.8. The van der Waals surface area contributed by atoms with Crippen molar-refractivity contribution in [1.29, 1.82) is 0 Å². The zero-order chi connectivity index (χ0) is 15.0. The predicted molar refractivity (Wildman–Crippen MR) is 77.7 cm³/mol. The molecule has 0 atom stereocenters. The number of para-hydroxylation sites is 1. The highest BCUT2D eigenvalue weighted by atomic mass is 16.7. The Morgan fingerprint density at radius 2 is 1.90 bits per heavy atom. The van der Waals surface area contributed by atoms with Gasteiger partial charge in [-0.25, -0.2) is 0 Å². The third kappa shape index (κ3) is 5.21. The van der Waals surface area contributed by atoms with Crippen LogP contribution in [0.15, 0.2) is 24.3 Å². The lowest BCUT2D eigenvalue weighted by molar-refractivity contribution is -0.156. The number of carbonyl (C=O) groups is 1. The molecule has 0 radical (unpaired) electrons. The summed E-state index contributed by atoms with van der Waals surface area (Å²) in [5.41, 5.74) is 0.629. The lowest BCUT2D eigenvalue weighted by atomic mass is 9.91. The molecule has 1 aromatic carbocycles. The van der Waals surface area contributed by atoms with Gasteiger partial charge in [0.25, 0.3) is 0 Å². The number of aryl methyl sites for hydroxylation is 1. The van der Waals surface area contributed by atoms with Gasteiger partial charge in [-0.05, 0) is 38.8 Å². The molecule has 0 aromatic heterocycles. The van der Waals surface area contributed by atoms with Gasteiger partial charge in [-0.1, -0.05) is 25.1 Å². The van der Waals surface area contributed by atoms with E-state index in [1.165, 1.54) is 0 Å². The summed E-state index contributed by atoms with van der Waals surface area (Å²) in [5.74, 6) is 0.611. The molecule has 112 valence electrons. The van der Waals surface area contributed by atoms with Crippen molar-refractivity contribution >= 4 is 5.97 Å². The first-order valence-electron chi connectivity index (χ1n) is 6.91. The van der Waals surface area contributed by atoms with Gasteiger partial charge in [0.15, 0.2) is 6.79 Å². The molecule has 4 heteroatoms. The van der Waals surface area contributed by atoms with Crippen LogP contribution in [0.25, 0.3) is 0 Å². The molecule has 0 saturated carbocycles. The molecule has 20 heavy (non-hydrogen) atoms. The van der Waals surface area contributed by atoms with Gasteiger partial charge in [-0.2, -0.15) is 0 Å². The molecular weight excluding hydrogens is 256 g/mol. The molecule has 1 aromatic rings. The van der Waals surface area contributed by atoms with E-state index >= 15 is 0 Å². The number of hydrogen-bond donors (Lipinski definition) is 0. The van der Waals surface area contributed by atoms with E-state index in [2.05, 4.69) is 0 Å². The van der Waals surface area contributed by atoms with Crippen molar-refractivity contribution in [1.82, 2.24) is 0 Å². The van der Waals surface area contributed by atoms with E-state index in [4.69, 9.17) is 14.2 Å². The first-order chi connectivity index (χ1) is 9.47. The van der Waals surface area contributed by atoms with Crippen molar-refractivity contribution in [3.63, 3.8) is 0 Å². The molecule has 0 aliphatic heterocycles. The Morgan fingerprint density at radius 3 is 2.55 bits per heavy atom. The van der Waals surface area contributed by atoms with E-state index < -0.39 is 5.41 Å². The molecule has 0 heterocycles. The lowest BCUT2D eigenvalue weighted by Gasteiger charge is -2.20. The summed E-state index contributed by atoms with van der Waals surface area (Å²) in [6, 6.07) is 7.74. The van der Waals surface area contributed by atoms with Crippen molar-refractivity contribution in [3.05, 3.63) is 29.8 Å². The number of esters is 1. The third-order valence-corrected chi connectivity index (χ3v) is 3.29. The number of ether oxygens (including phenoxy) is 3. The van der Waals surface area contributed by atoms with Crippen molar-refractivity contribution in [2.75, 3.05) is 20.0 Å². The van der Waals surface area contributed by atoms with Gasteiger partial charge in [0.2, 0.25) is 0 Å². The van der Waals surface area contributed by atoms with E-state index in [0.29, 0.717) is 6.61 Å². The first kappa shape index (κ1) is 16.5. The molecule has 0 spiro atoms. The van der Waals surface area contributed by atoms with Crippen LogP contribution >= 0.6 is 0 Å². The Bertz CT molecular complexity index is 426. The van der Waals surface area contributed by atoms with Crippen LogP contribution in [-0.4, -0.2) is 26.0 Å². The minimum Gasteiger partial charge on any atom is -0.467 e. The van der Waals surface area contributed by atoms with Crippen LogP contribution in [0.1, 0.15) is 32.8 Å². The molecule has 0 unspecified atom stereocenters. The molecule has 0 aliphatic rings. The van der Waals surface area contributed by atoms with E-state index in [0.717, 1.165) is 17.7 Å². The van der Waals surface area contributed by atoms with Crippen LogP contribution in [0.5, 0.6) is 5.75 Å². The number of rotatable bonds is 8. The van der Waals surface area contributed by atoms with Crippen LogP contribution in [0.3, 0.4) is 0 Å². The Kier molecular flexibility index (Phi) is 6.52. The van der Waals surface area contributed by atoms with Crippen molar-refractivity contribution < 1.29 is 19.0 Å². The third-order valence-electron chi connectivity index (χ3n) is 3.29. The van der Waals surface area contributed by atoms with Gasteiger partial charge >= 0.3 is 5.97 Å². The quantitative estimate of drug-likeness (QED) is 0.416. The normalized spacial score (nSPS) is 11.2. The standard InChI is InChI=1S/C16H24O4/c1-5-16(3,4)15(17)19-11-10-18-12-20-14-9-7-6-8-13(14)2/h6-9H,5,10-12H2,1-4H3. The molecule has 0 amide bonds. The molecule has 0 bridgehead atoms. The largest absolute Gasteiger partial charge is 0.467 e. The smallest absolute Gasteiger partial charge is 0.311 e. The fourth-order valence-electron chi connectivity index (χ4n) is 1.42. The lowest BCUT2D eigenvalue weighted by Crippen LogP contribution is -2.27. The van der Waals surface area contributed by atoms with Gasteiger partial charge < -0.3 is 14.2 Å². The molecule has 4 nitrogen and oxygen atoms in total. The van der Waals surface area contributed by atoms with Crippen LogP contribution in [0, 0.1) is 12.3 Å². The topological polar surface area (TPSA) is 44.8 Å². The highest BCUT2D eigenvalue weighted by molar-refractivity contribution is 5.75. The summed E-state index contributed by atoms with van der Waals surface area (Å²) < 4.78 is 15.9. The highest BCUT2D eigenvalue weighted by Gasteiger charge is 2.26. The monoisotopic (exact) mass is 280 g/mol. The van der Waals surface area contributed by atoms with Gasteiger partial charge in [-0.15, -0.1) is 0 Å². The SMILES string of the molecule is CCC(C)(C)C(=O)OCCOCOc1ccccc1C. The number of hydrogen-bond acceptors (Lipinski definition) is 4. The van der Waals surface area contributed by atoms with Crippen molar-refractivity contribution in [2.24, 2.45) is 5.41 Å². The molecule has 1 rings (SSSR count). The molecule has 0 fully saturated rings. The van der Waals surface area contributed by atoms with E-state index in [-0.39, 0.29) is 19.4 Å². The predicted octanol–water partition coefficient (Wildman–Crippen LogP) is 3.33. The summed E-state index contributed by atoms with van der Waals surface area (Å²) in [7, 11) is 0. The molecule has 0 saturated heterocycles. The van der Waals surface area contributed by atoms with Gasteiger partial charge in [-0.3, -0.25) is 4.79 Å². The second-order valence-electron chi connectivity index (χ2n) is 5.31. The van der Waals surface area contributed by atoms with Gasteiger partial charge in [0, 0.05) is 0 Å². The minimum absolute atomic E-state index is 0.152. The average molecular weight is 280 g/mol. The van der Waals surface area contributed by atoms with Crippen molar-refractivity contribution in [3.8, 4) is 5.75 Å². The average Bonchev–Trinajstić information content (AvgIpc) is 2.44. The zero-order valence-corrected chi connectivity index (χ0v) is 12.8. The Labute approximate surface area is 121 Å². The summed E-state index contributed by atoms with van der Waals surface area (Å²) in [6.07, 6.45) is 0.753. The molecular formula is C16H24O4. The molecule has 0 aliphatic carbocycles. The second kappa shape index (κ2) is 7.90. The van der Waals surface area contributed by atoms with Crippen LogP contribution < -0.4 is 4.74 Å². The highest BCUT2D eigenvalue weighted by Crippen LogP contribution is 2.21. The maximum Gasteiger partial charge on any atom is 0.311 e. The summed E-state index contributed by atoms with van der Waals surface area (Å²) >= 11 is 0. The fraction of sp³-hybridized carbons (Fsp3) is 0.562. The number of carbonyl (C=O) groups excluding carboxylic acids is 1. The van der Waals surface area contributed by atoms with E-state index in [1.807, 2.05) is 52.0 Å². The Morgan fingerprint density at radius 1 is 1.20 bits per heavy atom.